The van der Waals surface area contributed by atoms with E-state index in [-0.39, 0.29) is 11.3 Å². The van der Waals surface area contributed by atoms with Crippen LogP contribution in [0, 0.1) is 0 Å². The summed E-state index contributed by atoms with van der Waals surface area (Å²) in [7, 11) is 0. The average molecular weight is 406 g/mol. The van der Waals surface area contributed by atoms with Crippen molar-refractivity contribution in [2.24, 2.45) is 0 Å². The molecule has 0 N–H and O–H groups in total. The molecule has 5 nitrogen and oxygen atoms in total. The molecule has 0 unspecified atom stereocenters. The first-order valence-corrected chi connectivity index (χ1v) is 10.8. The van der Waals surface area contributed by atoms with Crippen LogP contribution in [-0.4, -0.2) is 27.4 Å². The van der Waals surface area contributed by atoms with Crippen LogP contribution in [0.15, 0.2) is 73.2 Å². The first-order valence-electron chi connectivity index (χ1n) is 10.8. The van der Waals surface area contributed by atoms with Crippen molar-refractivity contribution < 1.29 is 4.79 Å². The molecule has 3 heterocycles. The zero-order chi connectivity index (χ0) is 20.8. The topological polar surface area (TPSA) is 59.0 Å². The molecule has 1 fully saturated rings. The Morgan fingerprint density at radius 2 is 1.68 bits per heavy atom. The number of aromatic nitrogens is 3. The maximum atomic E-state index is 13.6. The number of hydrogen-bond acceptors (Lipinski definition) is 4. The molecule has 0 saturated heterocycles. The zero-order valence-corrected chi connectivity index (χ0v) is 17.2. The minimum Gasteiger partial charge on any atom is -0.306 e. The molecule has 4 aromatic rings. The van der Waals surface area contributed by atoms with Crippen LogP contribution in [0.25, 0.3) is 22.2 Å². The SMILES string of the molecule is O=C(c1cnc2ccccc2n1)N1CC2(CCCC2)c2cc(-c3ccncc3)ccc21. The summed E-state index contributed by atoms with van der Waals surface area (Å²) in [6, 6.07) is 18.2. The van der Waals surface area contributed by atoms with Gasteiger partial charge >= 0.3 is 0 Å². The maximum Gasteiger partial charge on any atom is 0.278 e. The van der Waals surface area contributed by atoms with Crippen LogP contribution in [0.5, 0.6) is 0 Å². The Labute approximate surface area is 180 Å². The normalized spacial score (nSPS) is 16.7. The molecule has 1 aliphatic heterocycles. The van der Waals surface area contributed by atoms with Crippen molar-refractivity contribution in [3.05, 3.63) is 84.4 Å². The van der Waals surface area contributed by atoms with Crippen LogP contribution in [0.1, 0.15) is 41.7 Å². The highest BCUT2D eigenvalue weighted by atomic mass is 16.2. The Kier molecular flexibility index (Phi) is 4.10. The molecule has 152 valence electrons. The number of carbonyl (C=O) groups is 1. The minimum atomic E-state index is -0.0695. The maximum absolute atomic E-state index is 13.6. The number of nitrogens with zero attached hydrogens (tertiary/aromatic N) is 4. The Morgan fingerprint density at radius 3 is 2.48 bits per heavy atom. The number of rotatable bonds is 2. The molecule has 1 aliphatic carbocycles. The van der Waals surface area contributed by atoms with E-state index in [0.717, 1.165) is 41.7 Å². The smallest absolute Gasteiger partial charge is 0.278 e. The second-order valence-electron chi connectivity index (χ2n) is 8.59. The molecular formula is C26H22N4O. The van der Waals surface area contributed by atoms with Crippen molar-refractivity contribution >= 4 is 22.6 Å². The van der Waals surface area contributed by atoms with Crippen LogP contribution in [0.2, 0.25) is 0 Å². The fourth-order valence-corrected chi connectivity index (χ4v) is 5.25. The molecule has 2 aliphatic rings. The van der Waals surface area contributed by atoms with Gasteiger partial charge in [0.05, 0.1) is 17.2 Å². The first-order chi connectivity index (χ1) is 15.2. The van der Waals surface area contributed by atoms with Crippen molar-refractivity contribution in [1.29, 1.82) is 0 Å². The molecule has 2 aromatic carbocycles. The highest BCUT2D eigenvalue weighted by Gasteiger charge is 2.46. The van der Waals surface area contributed by atoms with E-state index in [1.165, 1.54) is 24.0 Å². The van der Waals surface area contributed by atoms with Gasteiger partial charge in [-0.1, -0.05) is 31.0 Å². The number of hydrogen-bond donors (Lipinski definition) is 0. The summed E-state index contributed by atoms with van der Waals surface area (Å²) in [5.74, 6) is -0.0695. The molecular weight excluding hydrogens is 384 g/mol. The monoisotopic (exact) mass is 406 g/mol. The van der Waals surface area contributed by atoms with Gasteiger partial charge in [0.15, 0.2) is 0 Å². The second kappa shape index (κ2) is 6.98. The van der Waals surface area contributed by atoms with Crippen LogP contribution < -0.4 is 4.90 Å². The third kappa shape index (κ3) is 2.92. The zero-order valence-electron chi connectivity index (χ0n) is 17.2. The van der Waals surface area contributed by atoms with Crippen LogP contribution in [-0.2, 0) is 5.41 Å². The van der Waals surface area contributed by atoms with Crippen molar-refractivity contribution in [2.75, 3.05) is 11.4 Å². The molecule has 0 atom stereocenters. The van der Waals surface area contributed by atoms with Gasteiger partial charge in [0, 0.05) is 30.0 Å². The lowest BCUT2D eigenvalue weighted by Gasteiger charge is -2.24. The van der Waals surface area contributed by atoms with E-state index >= 15 is 0 Å². The molecule has 0 radical (unpaired) electrons. The molecule has 5 heteroatoms. The number of carbonyl (C=O) groups excluding carboxylic acids is 1. The van der Waals surface area contributed by atoms with E-state index in [2.05, 4.69) is 33.2 Å². The number of pyridine rings is 1. The fraction of sp³-hybridized carbons (Fsp3) is 0.231. The van der Waals surface area contributed by atoms with Crippen LogP contribution >= 0.6 is 0 Å². The average Bonchev–Trinajstić information content (AvgIpc) is 3.44. The van der Waals surface area contributed by atoms with Crippen molar-refractivity contribution in [3.63, 3.8) is 0 Å². The van der Waals surface area contributed by atoms with Crippen LogP contribution in [0.4, 0.5) is 5.69 Å². The van der Waals surface area contributed by atoms with E-state index in [4.69, 9.17) is 0 Å². The lowest BCUT2D eigenvalue weighted by molar-refractivity contribution is 0.0980. The summed E-state index contributed by atoms with van der Waals surface area (Å²) in [6.07, 6.45) is 9.90. The fourth-order valence-electron chi connectivity index (χ4n) is 5.25. The van der Waals surface area contributed by atoms with E-state index in [1.54, 1.807) is 6.20 Å². The van der Waals surface area contributed by atoms with Gasteiger partial charge < -0.3 is 4.90 Å². The minimum absolute atomic E-state index is 0.0400. The highest BCUT2D eigenvalue weighted by molar-refractivity contribution is 6.07. The van der Waals surface area contributed by atoms with E-state index in [1.807, 2.05) is 53.7 Å². The Balaban J connectivity index is 1.43. The first kappa shape index (κ1) is 18.2. The largest absolute Gasteiger partial charge is 0.306 e. The third-order valence-corrected chi connectivity index (χ3v) is 6.81. The van der Waals surface area contributed by atoms with Gasteiger partial charge in [0.25, 0.3) is 5.91 Å². The summed E-state index contributed by atoms with van der Waals surface area (Å²) in [6.45, 7) is 0.718. The quantitative estimate of drug-likeness (QED) is 0.461. The summed E-state index contributed by atoms with van der Waals surface area (Å²) >= 11 is 0. The van der Waals surface area contributed by atoms with Gasteiger partial charge in [-0.3, -0.25) is 14.8 Å². The molecule has 1 saturated carbocycles. The predicted octanol–water partition coefficient (Wildman–Crippen LogP) is 5.16. The summed E-state index contributed by atoms with van der Waals surface area (Å²) in [4.78, 5) is 28.7. The van der Waals surface area contributed by atoms with Crippen molar-refractivity contribution in [2.45, 2.75) is 31.1 Å². The van der Waals surface area contributed by atoms with Crippen LogP contribution in [0.3, 0.4) is 0 Å². The molecule has 1 amide bonds. The number of fused-ring (bicyclic) bond motifs is 3. The summed E-state index contributed by atoms with van der Waals surface area (Å²) in [5.41, 5.74) is 6.62. The van der Waals surface area contributed by atoms with E-state index in [9.17, 15) is 4.79 Å². The van der Waals surface area contributed by atoms with E-state index in [0.29, 0.717) is 5.69 Å². The number of anilines is 1. The van der Waals surface area contributed by atoms with Crippen molar-refractivity contribution in [1.82, 2.24) is 15.0 Å². The van der Waals surface area contributed by atoms with Gasteiger partial charge in [0.2, 0.25) is 0 Å². The lowest BCUT2D eigenvalue weighted by atomic mass is 9.80. The second-order valence-corrected chi connectivity index (χ2v) is 8.59. The highest BCUT2D eigenvalue weighted by Crippen LogP contribution is 2.51. The molecule has 1 spiro atoms. The van der Waals surface area contributed by atoms with Gasteiger partial charge in [0.1, 0.15) is 5.69 Å². The number of amides is 1. The number of benzene rings is 2. The molecule has 2 aromatic heterocycles. The van der Waals surface area contributed by atoms with Gasteiger partial charge in [-0.15, -0.1) is 0 Å². The van der Waals surface area contributed by atoms with Gasteiger partial charge in [-0.2, -0.15) is 0 Å². The Hall–Kier alpha value is -3.60. The standard InChI is InChI=1S/C26H22N4O/c31-25(23-16-28-21-5-1-2-6-22(21)29-23)30-17-26(11-3-4-12-26)20-15-19(7-8-24(20)30)18-9-13-27-14-10-18/h1-2,5-10,13-16H,3-4,11-12,17H2. The Bertz CT molecular complexity index is 1300. The Morgan fingerprint density at radius 1 is 0.903 bits per heavy atom. The number of para-hydroxylation sites is 2. The lowest BCUT2D eigenvalue weighted by Crippen LogP contribution is -2.36. The molecule has 6 rings (SSSR count). The summed E-state index contributed by atoms with van der Waals surface area (Å²) < 4.78 is 0. The van der Waals surface area contributed by atoms with E-state index < -0.39 is 0 Å². The van der Waals surface area contributed by atoms with Gasteiger partial charge in [-0.25, -0.2) is 4.98 Å². The predicted molar refractivity (Wildman–Crippen MR) is 121 cm³/mol. The third-order valence-electron chi connectivity index (χ3n) is 6.81. The van der Waals surface area contributed by atoms with Crippen molar-refractivity contribution in [3.8, 4) is 11.1 Å². The molecule has 0 bridgehead atoms. The summed E-state index contributed by atoms with van der Waals surface area (Å²) in [5, 5.41) is 0. The molecule has 31 heavy (non-hydrogen) atoms. The van der Waals surface area contributed by atoms with Gasteiger partial charge in [-0.05, 0) is 65.9 Å².